The molecular formula is C25H24N4O2S. The largest absolute Gasteiger partial charge is 0.497 e. The minimum absolute atomic E-state index is 0.0825. The van der Waals surface area contributed by atoms with Crippen molar-refractivity contribution in [2.75, 3.05) is 18.2 Å². The Labute approximate surface area is 191 Å². The topological polar surface area (TPSA) is 69.0 Å². The average Bonchev–Trinajstić information content (AvgIpc) is 3.21. The van der Waals surface area contributed by atoms with E-state index in [9.17, 15) is 4.79 Å². The quantitative estimate of drug-likeness (QED) is 0.386. The lowest BCUT2D eigenvalue weighted by molar-refractivity contribution is -0.113. The molecule has 4 aromatic rings. The molecule has 0 aliphatic carbocycles. The first-order chi connectivity index (χ1) is 15.6. The Hall–Kier alpha value is -3.58. The SMILES string of the molecule is COc1ccc(-c2nnc(SCC(=O)Nc3cccc(C)c3)n2Cc2ccccc2)cc1. The van der Waals surface area contributed by atoms with Crippen molar-refractivity contribution < 1.29 is 9.53 Å². The summed E-state index contributed by atoms with van der Waals surface area (Å²) in [5.74, 6) is 1.69. The number of nitrogens with one attached hydrogen (secondary N) is 1. The molecule has 1 heterocycles. The minimum atomic E-state index is -0.0825. The van der Waals surface area contributed by atoms with Gasteiger partial charge in [0.1, 0.15) is 5.75 Å². The fourth-order valence-corrected chi connectivity index (χ4v) is 4.05. The third-order valence-corrected chi connectivity index (χ3v) is 5.85. The van der Waals surface area contributed by atoms with Crippen LogP contribution in [0.15, 0.2) is 84.0 Å². The van der Waals surface area contributed by atoms with Crippen LogP contribution in [0.2, 0.25) is 0 Å². The number of thioether (sulfide) groups is 1. The second-order valence-corrected chi connectivity index (χ2v) is 8.26. The Balaban J connectivity index is 1.55. The van der Waals surface area contributed by atoms with Gasteiger partial charge in [0.05, 0.1) is 19.4 Å². The van der Waals surface area contributed by atoms with Crippen molar-refractivity contribution in [1.29, 1.82) is 0 Å². The molecule has 0 unspecified atom stereocenters. The van der Waals surface area contributed by atoms with Gasteiger partial charge in [0.25, 0.3) is 0 Å². The van der Waals surface area contributed by atoms with E-state index in [0.717, 1.165) is 34.0 Å². The highest BCUT2D eigenvalue weighted by Gasteiger charge is 2.16. The van der Waals surface area contributed by atoms with Crippen molar-refractivity contribution in [2.24, 2.45) is 0 Å². The van der Waals surface area contributed by atoms with E-state index in [1.807, 2.05) is 78.2 Å². The highest BCUT2D eigenvalue weighted by atomic mass is 32.2. The number of rotatable bonds is 8. The zero-order chi connectivity index (χ0) is 22.3. The summed E-state index contributed by atoms with van der Waals surface area (Å²) in [6.07, 6.45) is 0. The van der Waals surface area contributed by atoms with Crippen LogP contribution in [0.25, 0.3) is 11.4 Å². The predicted molar refractivity (Wildman–Crippen MR) is 128 cm³/mol. The number of aryl methyl sites for hydroxylation is 1. The molecule has 0 radical (unpaired) electrons. The number of ether oxygens (including phenoxy) is 1. The van der Waals surface area contributed by atoms with Crippen LogP contribution in [0.5, 0.6) is 5.75 Å². The number of hydrogen-bond acceptors (Lipinski definition) is 5. The van der Waals surface area contributed by atoms with E-state index in [4.69, 9.17) is 4.74 Å². The first-order valence-corrected chi connectivity index (χ1v) is 11.2. The maximum absolute atomic E-state index is 12.5. The zero-order valence-electron chi connectivity index (χ0n) is 18.0. The number of amides is 1. The van der Waals surface area contributed by atoms with E-state index < -0.39 is 0 Å². The van der Waals surface area contributed by atoms with Gasteiger partial charge in [-0.1, -0.05) is 54.2 Å². The lowest BCUT2D eigenvalue weighted by atomic mass is 10.2. The van der Waals surface area contributed by atoms with Crippen LogP contribution in [-0.2, 0) is 11.3 Å². The number of aromatic nitrogens is 3. The van der Waals surface area contributed by atoms with E-state index in [1.165, 1.54) is 11.8 Å². The van der Waals surface area contributed by atoms with Gasteiger partial charge in [0.15, 0.2) is 11.0 Å². The van der Waals surface area contributed by atoms with Crippen LogP contribution >= 0.6 is 11.8 Å². The molecule has 32 heavy (non-hydrogen) atoms. The van der Waals surface area contributed by atoms with Gasteiger partial charge in [-0.2, -0.15) is 0 Å². The summed E-state index contributed by atoms with van der Waals surface area (Å²) in [5, 5.41) is 12.5. The lowest BCUT2D eigenvalue weighted by Gasteiger charge is -2.11. The molecule has 0 atom stereocenters. The molecule has 0 fully saturated rings. The van der Waals surface area contributed by atoms with Gasteiger partial charge in [-0.25, -0.2) is 0 Å². The summed E-state index contributed by atoms with van der Waals surface area (Å²) in [5.41, 5.74) is 3.96. The molecule has 0 aliphatic heterocycles. The van der Waals surface area contributed by atoms with Crippen molar-refractivity contribution in [3.05, 3.63) is 90.0 Å². The van der Waals surface area contributed by atoms with Gasteiger partial charge in [0.2, 0.25) is 5.91 Å². The van der Waals surface area contributed by atoms with Crippen molar-refractivity contribution in [3.8, 4) is 17.1 Å². The summed E-state index contributed by atoms with van der Waals surface area (Å²) < 4.78 is 7.31. The Morgan fingerprint density at radius 3 is 2.50 bits per heavy atom. The fourth-order valence-electron chi connectivity index (χ4n) is 3.31. The normalized spacial score (nSPS) is 10.7. The standard InChI is InChI=1S/C25H24N4O2S/c1-18-7-6-10-21(15-18)26-23(30)17-32-25-28-27-24(20-11-13-22(31-2)14-12-20)29(25)16-19-8-4-3-5-9-19/h3-15H,16-17H2,1-2H3,(H,26,30). The molecular weight excluding hydrogens is 420 g/mol. The molecule has 3 aromatic carbocycles. The monoisotopic (exact) mass is 444 g/mol. The molecule has 1 N–H and O–H groups in total. The first kappa shape index (κ1) is 21.6. The van der Waals surface area contributed by atoms with Gasteiger partial charge >= 0.3 is 0 Å². The molecule has 7 heteroatoms. The number of anilines is 1. The molecule has 1 aromatic heterocycles. The van der Waals surface area contributed by atoms with Gasteiger partial charge in [-0.3, -0.25) is 9.36 Å². The Bertz CT molecular complexity index is 1190. The Kier molecular flexibility index (Phi) is 6.87. The number of carbonyl (C=O) groups excluding carboxylic acids is 1. The second-order valence-electron chi connectivity index (χ2n) is 7.31. The highest BCUT2D eigenvalue weighted by Crippen LogP contribution is 2.27. The molecule has 1 amide bonds. The minimum Gasteiger partial charge on any atom is -0.497 e. The molecule has 0 saturated carbocycles. The molecule has 0 bridgehead atoms. The number of methoxy groups -OCH3 is 1. The molecule has 0 spiro atoms. The van der Waals surface area contributed by atoms with E-state index in [-0.39, 0.29) is 11.7 Å². The molecule has 0 aliphatic rings. The summed E-state index contributed by atoms with van der Waals surface area (Å²) in [6, 6.07) is 25.6. The lowest BCUT2D eigenvalue weighted by Crippen LogP contribution is -2.15. The van der Waals surface area contributed by atoms with Gasteiger partial charge in [-0.15, -0.1) is 10.2 Å². The van der Waals surface area contributed by atoms with E-state index in [1.54, 1.807) is 7.11 Å². The number of nitrogens with zero attached hydrogens (tertiary/aromatic N) is 3. The Morgan fingerprint density at radius 1 is 1.00 bits per heavy atom. The molecule has 162 valence electrons. The van der Waals surface area contributed by atoms with E-state index in [0.29, 0.717) is 11.7 Å². The van der Waals surface area contributed by atoms with Crippen molar-refractivity contribution in [2.45, 2.75) is 18.6 Å². The summed E-state index contributed by atoms with van der Waals surface area (Å²) in [6.45, 7) is 2.61. The maximum atomic E-state index is 12.5. The summed E-state index contributed by atoms with van der Waals surface area (Å²) >= 11 is 1.37. The number of hydrogen-bond donors (Lipinski definition) is 1. The number of benzene rings is 3. The van der Waals surface area contributed by atoms with E-state index >= 15 is 0 Å². The van der Waals surface area contributed by atoms with Crippen LogP contribution in [0.3, 0.4) is 0 Å². The van der Waals surface area contributed by atoms with Gasteiger partial charge < -0.3 is 10.1 Å². The highest BCUT2D eigenvalue weighted by molar-refractivity contribution is 7.99. The van der Waals surface area contributed by atoms with E-state index in [2.05, 4.69) is 27.6 Å². The smallest absolute Gasteiger partial charge is 0.234 e. The van der Waals surface area contributed by atoms with Crippen molar-refractivity contribution >= 4 is 23.4 Å². The second kappa shape index (κ2) is 10.2. The van der Waals surface area contributed by atoms with Gasteiger partial charge in [-0.05, 0) is 54.4 Å². The maximum Gasteiger partial charge on any atom is 0.234 e. The van der Waals surface area contributed by atoms with Crippen LogP contribution in [0, 0.1) is 6.92 Å². The van der Waals surface area contributed by atoms with Crippen LogP contribution < -0.4 is 10.1 Å². The van der Waals surface area contributed by atoms with Gasteiger partial charge in [0, 0.05) is 11.3 Å². The zero-order valence-corrected chi connectivity index (χ0v) is 18.8. The average molecular weight is 445 g/mol. The van der Waals surface area contributed by atoms with Crippen LogP contribution in [-0.4, -0.2) is 33.5 Å². The van der Waals surface area contributed by atoms with Crippen LogP contribution in [0.1, 0.15) is 11.1 Å². The number of carbonyl (C=O) groups is 1. The first-order valence-electron chi connectivity index (χ1n) is 10.2. The predicted octanol–water partition coefficient (Wildman–Crippen LogP) is 5.04. The third-order valence-electron chi connectivity index (χ3n) is 4.88. The van der Waals surface area contributed by atoms with Crippen LogP contribution in [0.4, 0.5) is 5.69 Å². The fraction of sp³-hybridized carbons (Fsp3) is 0.160. The summed E-state index contributed by atoms with van der Waals surface area (Å²) in [4.78, 5) is 12.5. The summed E-state index contributed by atoms with van der Waals surface area (Å²) in [7, 11) is 1.64. The van der Waals surface area contributed by atoms with Crippen molar-refractivity contribution in [3.63, 3.8) is 0 Å². The molecule has 4 rings (SSSR count). The third kappa shape index (κ3) is 5.36. The molecule has 0 saturated heterocycles. The Morgan fingerprint density at radius 2 is 1.78 bits per heavy atom. The molecule has 6 nitrogen and oxygen atoms in total. The van der Waals surface area contributed by atoms with Crippen molar-refractivity contribution in [1.82, 2.24) is 14.8 Å².